The molecule has 0 saturated carbocycles. The minimum Gasteiger partial charge on any atom is -0.370 e. The number of benzene rings is 2. The Morgan fingerprint density at radius 1 is 1.00 bits per heavy atom. The van der Waals surface area contributed by atoms with E-state index >= 15 is 0 Å². The van der Waals surface area contributed by atoms with Crippen molar-refractivity contribution in [2.75, 3.05) is 32.8 Å². The first-order chi connectivity index (χ1) is 13.5. The predicted molar refractivity (Wildman–Crippen MR) is 111 cm³/mol. The van der Waals surface area contributed by atoms with E-state index in [0.717, 1.165) is 38.3 Å². The summed E-state index contributed by atoms with van der Waals surface area (Å²) in [6.07, 6.45) is 1.03. The van der Waals surface area contributed by atoms with E-state index in [1.165, 1.54) is 10.5 Å². The molecule has 1 saturated heterocycles. The largest absolute Gasteiger partial charge is 0.370 e. The first kappa shape index (κ1) is 21.0. The van der Waals surface area contributed by atoms with Gasteiger partial charge >= 0.3 is 0 Å². The highest BCUT2D eigenvalue weighted by Gasteiger charge is 2.26. The highest BCUT2D eigenvalue weighted by molar-refractivity contribution is 7.89. The summed E-state index contributed by atoms with van der Waals surface area (Å²) in [5, 5.41) is 0. The molecule has 0 aliphatic carbocycles. The van der Waals surface area contributed by atoms with E-state index < -0.39 is 10.0 Å². The van der Waals surface area contributed by atoms with Gasteiger partial charge in [-0.2, -0.15) is 4.72 Å². The standard InChI is InChI=1S/C22H30N2O3S/c1-3-18(2)19-9-11-21(12-10-19)28(25,26)23-22(20-7-5-4-6-8-20)17-24-13-15-27-16-14-24/h4-12,18,22-23H,3,13-17H2,1-2H3/p+1/t18-,22-/m1/s1. The van der Waals surface area contributed by atoms with Crippen molar-refractivity contribution >= 4 is 10.0 Å². The molecule has 0 aromatic heterocycles. The van der Waals surface area contributed by atoms with Crippen molar-refractivity contribution < 1.29 is 18.1 Å². The number of rotatable bonds is 8. The topological polar surface area (TPSA) is 59.8 Å². The van der Waals surface area contributed by atoms with Gasteiger partial charge in [0.2, 0.25) is 10.0 Å². The first-order valence-corrected chi connectivity index (χ1v) is 11.6. The summed E-state index contributed by atoms with van der Waals surface area (Å²) < 4.78 is 34.5. The third kappa shape index (κ3) is 5.41. The van der Waals surface area contributed by atoms with E-state index in [9.17, 15) is 8.42 Å². The maximum absolute atomic E-state index is 13.1. The molecule has 6 heteroatoms. The molecule has 0 bridgehead atoms. The molecular formula is C22H31N2O3S+. The lowest BCUT2D eigenvalue weighted by Crippen LogP contribution is -3.14. The van der Waals surface area contributed by atoms with Crippen molar-refractivity contribution in [3.8, 4) is 0 Å². The number of nitrogens with one attached hydrogen (secondary N) is 2. The molecule has 1 heterocycles. The van der Waals surface area contributed by atoms with Gasteiger partial charge in [0, 0.05) is 0 Å². The van der Waals surface area contributed by atoms with Crippen molar-refractivity contribution in [1.29, 1.82) is 0 Å². The van der Waals surface area contributed by atoms with Crippen LogP contribution in [0, 0.1) is 0 Å². The fraction of sp³-hybridized carbons (Fsp3) is 0.455. The zero-order valence-corrected chi connectivity index (χ0v) is 17.5. The molecule has 28 heavy (non-hydrogen) atoms. The Morgan fingerprint density at radius 2 is 1.64 bits per heavy atom. The molecule has 152 valence electrons. The summed E-state index contributed by atoms with van der Waals surface area (Å²) in [5.74, 6) is 0.423. The summed E-state index contributed by atoms with van der Waals surface area (Å²) >= 11 is 0. The van der Waals surface area contributed by atoms with Gasteiger partial charge in [-0.15, -0.1) is 0 Å². The molecule has 0 radical (unpaired) electrons. The van der Waals surface area contributed by atoms with E-state index in [2.05, 4.69) is 18.6 Å². The van der Waals surface area contributed by atoms with Crippen LogP contribution in [0.4, 0.5) is 0 Å². The normalized spacial score (nSPS) is 17.9. The SMILES string of the molecule is CC[C@@H](C)c1ccc(S(=O)(=O)N[C@H](C[NH+]2CCOCC2)c2ccccc2)cc1. The summed E-state index contributed by atoms with van der Waals surface area (Å²) in [6.45, 7) is 8.23. The van der Waals surface area contributed by atoms with Crippen LogP contribution in [-0.4, -0.2) is 41.3 Å². The van der Waals surface area contributed by atoms with Gasteiger partial charge in [0.15, 0.2) is 0 Å². The Balaban J connectivity index is 1.80. The van der Waals surface area contributed by atoms with Crippen LogP contribution in [0.5, 0.6) is 0 Å². The zero-order chi connectivity index (χ0) is 20.0. The molecule has 3 rings (SSSR count). The van der Waals surface area contributed by atoms with Crippen LogP contribution in [0.15, 0.2) is 59.5 Å². The van der Waals surface area contributed by atoms with E-state index in [-0.39, 0.29) is 6.04 Å². The maximum atomic E-state index is 13.1. The van der Waals surface area contributed by atoms with Gasteiger partial charge in [0.05, 0.1) is 30.7 Å². The number of sulfonamides is 1. The van der Waals surface area contributed by atoms with Crippen LogP contribution in [0.3, 0.4) is 0 Å². The number of ether oxygens (including phenoxy) is 1. The van der Waals surface area contributed by atoms with E-state index in [1.807, 2.05) is 42.5 Å². The third-order valence-electron chi connectivity index (χ3n) is 5.56. The maximum Gasteiger partial charge on any atom is 0.241 e. The second-order valence-electron chi connectivity index (χ2n) is 7.53. The second kappa shape index (κ2) is 9.65. The molecule has 2 aromatic rings. The fourth-order valence-electron chi connectivity index (χ4n) is 3.53. The molecule has 0 amide bonds. The Morgan fingerprint density at radius 3 is 2.25 bits per heavy atom. The molecule has 2 atom stereocenters. The number of hydrogen-bond acceptors (Lipinski definition) is 3. The average molecular weight is 404 g/mol. The lowest BCUT2D eigenvalue weighted by Gasteiger charge is -2.28. The van der Waals surface area contributed by atoms with Crippen molar-refractivity contribution in [3.63, 3.8) is 0 Å². The molecule has 1 aliphatic rings. The summed E-state index contributed by atoms with van der Waals surface area (Å²) in [7, 11) is -3.60. The average Bonchev–Trinajstić information content (AvgIpc) is 2.74. The van der Waals surface area contributed by atoms with Crippen LogP contribution in [-0.2, 0) is 14.8 Å². The van der Waals surface area contributed by atoms with E-state index in [0.29, 0.717) is 17.4 Å². The molecular weight excluding hydrogens is 372 g/mol. The van der Waals surface area contributed by atoms with Crippen molar-refractivity contribution in [1.82, 2.24) is 4.72 Å². The molecule has 5 nitrogen and oxygen atoms in total. The molecule has 2 N–H and O–H groups in total. The van der Waals surface area contributed by atoms with Gasteiger partial charge in [-0.3, -0.25) is 0 Å². The van der Waals surface area contributed by atoms with Gasteiger partial charge in [0.1, 0.15) is 13.1 Å². The monoisotopic (exact) mass is 403 g/mol. The predicted octanol–water partition coefficient (Wildman–Crippen LogP) is 2.13. The van der Waals surface area contributed by atoms with Crippen LogP contribution in [0.25, 0.3) is 0 Å². The Labute approximate surface area is 168 Å². The number of morpholine rings is 1. The van der Waals surface area contributed by atoms with Crippen molar-refractivity contribution in [2.24, 2.45) is 0 Å². The molecule has 1 aliphatic heterocycles. The minimum atomic E-state index is -3.60. The quantitative estimate of drug-likeness (QED) is 0.710. The fourth-order valence-corrected chi connectivity index (χ4v) is 4.76. The van der Waals surface area contributed by atoms with Gasteiger partial charge in [-0.25, -0.2) is 8.42 Å². The van der Waals surface area contributed by atoms with Gasteiger partial charge in [0.25, 0.3) is 0 Å². The van der Waals surface area contributed by atoms with Crippen molar-refractivity contribution in [3.05, 3.63) is 65.7 Å². The molecule has 0 spiro atoms. The van der Waals surface area contributed by atoms with Gasteiger partial charge in [-0.05, 0) is 35.6 Å². The minimum absolute atomic E-state index is 0.270. The Hall–Kier alpha value is -1.73. The smallest absolute Gasteiger partial charge is 0.241 e. The Bertz CT molecular complexity index is 832. The summed E-state index contributed by atoms with van der Waals surface area (Å²) in [5.41, 5.74) is 2.15. The van der Waals surface area contributed by atoms with Crippen molar-refractivity contribution in [2.45, 2.75) is 37.1 Å². The molecule has 2 aromatic carbocycles. The third-order valence-corrected chi connectivity index (χ3v) is 7.05. The summed E-state index contributed by atoms with van der Waals surface area (Å²) in [6, 6.07) is 16.8. The Kier molecular flexibility index (Phi) is 7.24. The molecule has 1 fully saturated rings. The highest BCUT2D eigenvalue weighted by Crippen LogP contribution is 2.22. The molecule has 0 unspecified atom stereocenters. The van der Waals surface area contributed by atoms with Crippen LogP contribution in [0.2, 0.25) is 0 Å². The lowest BCUT2D eigenvalue weighted by molar-refractivity contribution is -0.909. The lowest BCUT2D eigenvalue weighted by atomic mass is 9.99. The zero-order valence-electron chi connectivity index (χ0n) is 16.7. The van der Waals surface area contributed by atoms with Gasteiger partial charge in [-0.1, -0.05) is 56.3 Å². The van der Waals surface area contributed by atoms with E-state index in [4.69, 9.17) is 4.74 Å². The van der Waals surface area contributed by atoms with Crippen LogP contribution >= 0.6 is 0 Å². The second-order valence-corrected chi connectivity index (χ2v) is 9.24. The summed E-state index contributed by atoms with van der Waals surface area (Å²) in [4.78, 5) is 1.67. The van der Waals surface area contributed by atoms with Gasteiger partial charge < -0.3 is 9.64 Å². The van der Waals surface area contributed by atoms with Crippen LogP contribution in [0.1, 0.15) is 43.4 Å². The van der Waals surface area contributed by atoms with Crippen LogP contribution < -0.4 is 9.62 Å². The van der Waals surface area contributed by atoms with E-state index in [1.54, 1.807) is 12.1 Å². The number of quaternary nitrogens is 1. The highest BCUT2D eigenvalue weighted by atomic mass is 32.2. The first-order valence-electron chi connectivity index (χ1n) is 10.1. The number of hydrogen-bond donors (Lipinski definition) is 2.